The third-order valence-electron chi connectivity index (χ3n) is 2.80. The molecule has 1 nitrogen and oxygen atoms in total. The molecule has 0 aliphatic heterocycles. The van der Waals surface area contributed by atoms with Gasteiger partial charge in [-0.3, -0.25) is 0 Å². The second-order valence-corrected chi connectivity index (χ2v) is 4.39. The molecule has 0 aromatic heterocycles. The zero-order valence-electron chi connectivity index (χ0n) is 9.73. The van der Waals surface area contributed by atoms with Crippen LogP contribution in [0.1, 0.15) is 17.2 Å². The molecule has 1 atom stereocenters. The van der Waals surface area contributed by atoms with Crippen molar-refractivity contribution in [3.63, 3.8) is 0 Å². The molecule has 7 heteroatoms. The van der Waals surface area contributed by atoms with Crippen LogP contribution in [0.3, 0.4) is 0 Å². The number of halogens is 6. The SMILES string of the molecule is NC(c1ccccc1Cl)c1c(F)c(F)c(F)c(F)c1F. The minimum atomic E-state index is -2.23. The van der Waals surface area contributed by atoms with Gasteiger partial charge in [0.25, 0.3) is 0 Å². The monoisotopic (exact) mass is 307 g/mol. The first-order chi connectivity index (χ1) is 9.36. The van der Waals surface area contributed by atoms with Crippen LogP contribution in [0.2, 0.25) is 5.02 Å². The van der Waals surface area contributed by atoms with Crippen LogP contribution in [-0.2, 0) is 0 Å². The predicted octanol–water partition coefficient (Wildman–Crippen LogP) is 4.08. The number of hydrogen-bond acceptors (Lipinski definition) is 1. The third kappa shape index (κ3) is 2.25. The summed E-state index contributed by atoms with van der Waals surface area (Å²) in [7, 11) is 0. The summed E-state index contributed by atoms with van der Waals surface area (Å²) in [6.45, 7) is 0. The highest BCUT2D eigenvalue weighted by molar-refractivity contribution is 6.31. The normalized spacial score (nSPS) is 12.6. The van der Waals surface area contributed by atoms with E-state index in [9.17, 15) is 22.0 Å². The number of rotatable bonds is 2. The van der Waals surface area contributed by atoms with Gasteiger partial charge in [-0.05, 0) is 11.6 Å². The Balaban J connectivity index is 2.68. The lowest BCUT2D eigenvalue weighted by Gasteiger charge is -2.16. The van der Waals surface area contributed by atoms with E-state index in [-0.39, 0.29) is 10.6 Å². The summed E-state index contributed by atoms with van der Waals surface area (Å²) in [4.78, 5) is 0. The molecule has 0 fully saturated rings. The molecule has 2 N–H and O–H groups in total. The number of nitrogens with two attached hydrogens (primary N) is 1. The first-order valence-corrected chi connectivity index (χ1v) is 5.75. The molecular formula is C13H7ClF5N. The van der Waals surface area contributed by atoms with Crippen molar-refractivity contribution in [1.82, 2.24) is 0 Å². The average molecular weight is 308 g/mol. The van der Waals surface area contributed by atoms with E-state index in [4.69, 9.17) is 17.3 Å². The predicted molar refractivity (Wildman–Crippen MR) is 63.7 cm³/mol. The van der Waals surface area contributed by atoms with Crippen LogP contribution < -0.4 is 5.73 Å². The van der Waals surface area contributed by atoms with Crippen LogP contribution in [0.15, 0.2) is 24.3 Å². The van der Waals surface area contributed by atoms with Gasteiger partial charge in [-0.15, -0.1) is 0 Å². The van der Waals surface area contributed by atoms with Crippen molar-refractivity contribution in [2.24, 2.45) is 5.73 Å². The van der Waals surface area contributed by atoms with Crippen LogP contribution in [0.5, 0.6) is 0 Å². The fourth-order valence-electron chi connectivity index (χ4n) is 1.78. The van der Waals surface area contributed by atoms with Gasteiger partial charge in [0.05, 0.1) is 11.6 Å². The molecule has 0 aliphatic carbocycles. The molecule has 2 aromatic carbocycles. The first kappa shape index (κ1) is 14.7. The Bertz CT molecular complexity index is 645. The van der Waals surface area contributed by atoms with Gasteiger partial charge in [-0.25, -0.2) is 22.0 Å². The van der Waals surface area contributed by atoms with E-state index in [1.54, 1.807) is 0 Å². The Morgan fingerprint density at radius 2 is 1.25 bits per heavy atom. The van der Waals surface area contributed by atoms with Crippen molar-refractivity contribution >= 4 is 11.6 Å². The molecule has 0 amide bonds. The Kier molecular flexibility index (Phi) is 3.96. The second kappa shape index (κ2) is 5.38. The topological polar surface area (TPSA) is 26.0 Å². The highest BCUT2D eigenvalue weighted by Crippen LogP contribution is 2.32. The summed E-state index contributed by atoms with van der Waals surface area (Å²) in [6, 6.07) is 4.17. The minimum absolute atomic E-state index is 0.0531. The molecule has 0 heterocycles. The molecule has 0 aliphatic rings. The van der Waals surface area contributed by atoms with Crippen molar-refractivity contribution in [3.8, 4) is 0 Å². The number of benzene rings is 2. The molecular weight excluding hydrogens is 301 g/mol. The average Bonchev–Trinajstić information content (AvgIpc) is 2.43. The second-order valence-electron chi connectivity index (χ2n) is 3.98. The van der Waals surface area contributed by atoms with Crippen LogP contribution in [-0.4, -0.2) is 0 Å². The highest BCUT2D eigenvalue weighted by atomic mass is 35.5. The van der Waals surface area contributed by atoms with Gasteiger partial charge in [-0.2, -0.15) is 0 Å². The molecule has 2 aromatic rings. The zero-order valence-corrected chi connectivity index (χ0v) is 10.5. The summed E-state index contributed by atoms with van der Waals surface area (Å²) in [5.41, 5.74) is 4.52. The molecule has 2 rings (SSSR count). The fourth-order valence-corrected chi connectivity index (χ4v) is 2.03. The van der Waals surface area contributed by atoms with E-state index in [1.165, 1.54) is 24.3 Å². The molecule has 20 heavy (non-hydrogen) atoms. The van der Waals surface area contributed by atoms with Crippen molar-refractivity contribution in [2.45, 2.75) is 6.04 Å². The summed E-state index contributed by atoms with van der Waals surface area (Å²) < 4.78 is 66.5. The van der Waals surface area contributed by atoms with Crippen molar-refractivity contribution < 1.29 is 22.0 Å². The van der Waals surface area contributed by atoms with Crippen molar-refractivity contribution in [1.29, 1.82) is 0 Å². The zero-order chi connectivity index (χ0) is 15.0. The Labute approximate surface area is 115 Å². The van der Waals surface area contributed by atoms with Crippen LogP contribution in [0.4, 0.5) is 22.0 Å². The molecule has 0 spiro atoms. The van der Waals surface area contributed by atoms with E-state index in [2.05, 4.69) is 0 Å². The number of hydrogen-bond donors (Lipinski definition) is 1. The first-order valence-electron chi connectivity index (χ1n) is 5.37. The standard InChI is InChI=1S/C13H7ClF5N/c14-6-4-2-1-3-5(6)13(20)7-8(15)10(17)12(19)11(18)9(7)16/h1-4,13H,20H2. The molecule has 0 saturated carbocycles. The van der Waals surface area contributed by atoms with E-state index in [1.807, 2.05) is 0 Å². The van der Waals surface area contributed by atoms with Crippen LogP contribution in [0.25, 0.3) is 0 Å². The van der Waals surface area contributed by atoms with E-state index in [0.29, 0.717) is 0 Å². The van der Waals surface area contributed by atoms with Crippen LogP contribution in [0, 0.1) is 29.1 Å². The van der Waals surface area contributed by atoms with Gasteiger partial charge < -0.3 is 5.73 Å². The Hall–Kier alpha value is -1.66. The van der Waals surface area contributed by atoms with Crippen molar-refractivity contribution in [3.05, 3.63) is 69.5 Å². The summed E-state index contributed by atoms with van der Waals surface area (Å²) in [5.74, 6) is -10.2. The Morgan fingerprint density at radius 3 is 1.75 bits per heavy atom. The summed E-state index contributed by atoms with van der Waals surface area (Å²) in [5, 5.41) is 0.0592. The maximum Gasteiger partial charge on any atom is 0.200 e. The smallest absolute Gasteiger partial charge is 0.200 e. The Morgan fingerprint density at radius 1 is 0.800 bits per heavy atom. The highest BCUT2D eigenvalue weighted by Gasteiger charge is 2.30. The van der Waals surface area contributed by atoms with E-state index in [0.717, 1.165) is 0 Å². The lowest BCUT2D eigenvalue weighted by molar-refractivity contribution is 0.367. The van der Waals surface area contributed by atoms with Gasteiger partial charge >= 0.3 is 0 Å². The molecule has 1 unspecified atom stereocenters. The molecule has 0 radical (unpaired) electrons. The van der Waals surface area contributed by atoms with Crippen molar-refractivity contribution in [2.75, 3.05) is 0 Å². The maximum absolute atomic E-state index is 13.6. The molecule has 106 valence electrons. The quantitative estimate of drug-likeness (QED) is 0.505. The maximum atomic E-state index is 13.6. The third-order valence-corrected chi connectivity index (χ3v) is 3.14. The van der Waals surface area contributed by atoms with Gasteiger partial charge in [-0.1, -0.05) is 29.8 Å². The molecule has 0 bridgehead atoms. The van der Waals surface area contributed by atoms with E-state index < -0.39 is 40.7 Å². The fraction of sp³-hybridized carbons (Fsp3) is 0.0769. The van der Waals surface area contributed by atoms with E-state index >= 15 is 0 Å². The van der Waals surface area contributed by atoms with Gasteiger partial charge in [0.1, 0.15) is 0 Å². The summed E-state index contributed by atoms with van der Waals surface area (Å²) in [6.07, 6.45) is 0. The van der Waals surface area contributed by atoms with Crippen LogP contribution >= 0.6 is 11.6 Å². The largest absolute Gasteiger partial charge is 0.320 e. The lowest BCUT2D eigenvalue weighted by Crippen LogP contribution is -2.19. The minimum Gasteiger partial charge on any atom is -0.320 e. The molecule has 0 saturated heterocycles. The van der Waals surface area contributed by atoms with Gasteiger partial charge in [0.2, 0.25) is 5.82 Å². The summed E-state index contributed by atoms with van der Waals surface area (Å²) >= 11 is 5.80. The van der Waals surface area contributed by atoms with Gasteiger partial charge in [0, 0.05) is 5.02 Å². The van der Waals surface area contributed by atoms with Gasteiger partial charge in [0.15, 0.2) is 23.3 Å². The lowest BCUT2D eigenvalue weighted by atomic mass is 9.98.